The van der Waals surface area contributed by atoms with E-state index in [9.17, 15) is 4.79 Å². The van der Waals surface area contributed by atoms with Crippen molar-refractivity contribution >= 4 is 5.97 Å². The molecule has 1 fully saturated rings. The minimum absolute atomic E-state index is 0.0502. The van der Waals surface area contributed by atoms with Gasteiger partial charge in [-0.25, -0.2) is 0 Å². The predicted molar refractivity (Wildman–Crippen MR) is 90.5 cm³/mol. The summed E-state index contributed by atoms with van der Waals surface area (Å²) in [7, 11) is 0. The van der Waals surface area contributed by atoms with Crippen LogP contribution in [0.3, 0.4) is 0 Å². The summed E-state index contributed by atoms with van der Waals surface area (Å²) in [6.45, 7) is 10.2. The molecule has 0 heterocycles. The Morgan fingerprint density at radius 1 is 1.00 bits per heavy atom. The highest BCUT2D eigenvalue weighted by molar-refractivity contribution is 5.75. The van der Waals surface area contributed by atoms with E-state index < -0.39 is 0 Å². The first kappa shape index (κ1) is 19.7. The van der Waals surface area contributed by atoms with Gasteiger partial charge in [0.25, 0.3) is 0 Å². The molecule has 2 rings (SSSR count). The summed E-state index contributed by atoms with van der Waals surface area (Å²) in [5, 5.41) is 0. The molecule has 21 heavy (non-hydrogen) atoms. The van der Waals surface area contributed by atoms with Crippen molar-refractivity contribution in [3.8, 4) is 5.75 Å². The van der Waals surface area contributed by atoms with E-state index in [0.717, 1.165) is 18.8 Å². The molecule has 0 aromatic heterocycles. The average molecular weight is 292 g/mol. The van der Waals surface area contributed by atoms with Crippen molar-refractivity contribution in [1.82, 2.24) is 0 Å². The summed E-state index contributed by atoms with van der Waals surface area (Å²) in [6, 6.07) is 9.35. The Balaban J connectivity index is 0.000000921. The van der Waals surface area contributed by atoms with Gasteiger partial charge in [0.15, 0.2) is 0 Å². The van der Waals surface area contributed by atoms with E-state index in [1.807, 2.05) is 58.0 Å². The highest BCUT2D eigenvalue weighted by Gasteiger charge is 2.26. The van der Waals surface area contributed by atoms with Crippen LogP contribution in [0.4, 0.5) is 0 Å². The predicted octanol–water partition coefficient (Wildman–Crippen LogP) is 5.86. The summed E-state index contributed by atoms with van der Waals surface area (Å²) < 4.78 is 5.38. The first-order chi connectivity index (χ1) is 10.3. The van der Waals surface area contributed by atoms with E-state index >= 15 is 0 Å². The molecule has 0 saturated heterocycles. The highest BCUT2D eigenvalue weighted by atomic mass is 16.5. The fraction of sp³-hybridized carbons (Fsp3) is 0.632. The zero-order valence-electron chi connectivity index (χ0n) is 14.4. The minimum atomic E-state index is -0.0502. The zero-order valence-corrected chi connectivity index (χ0v) is 14.4. The van der Waals surface area contributed by atoms with Gasteiger partial charge in [0.05, 0.1) is 5.92 Å². The number of para-hydroxylation sites is 1. The van der Waals surface area contributed by atoms with Gasteiger partial charge in [-0.1, -0.05) is 59.2 Å². The lowest BCUT2D eigenvalue weighted by molar-refractivity contribution is -0.140. The maximum atomic E-state index is 11.9. The van der Waals surface area contributed by atoms with Crippen LogP contribution in [-0.4, -0.2) is 5.97 Å². The monoisotopic (exact) mass is 292 g/mol. The lowest BCUT2D eigenvalue weighted by atomic mass is 9.81. The Morgan fingerprint density at radius 2 is 1.52 bits per heavy atom. The van der Waals surface area contributed by atoms with Crippen LogP contribution >= 0.6 is 0 Å². The number of hydrogen-bond acceptors (Lipinski definition) is 2. The molecule has 0 atom stereocenters. The number of rotatable bonds is 3. The number of hydrogen-bond donors (Lipinski definition) is 0. The Kier molecular flexibility index (Phi) is 11.7. The number of carbonyl (C=O) groups excluding carboxylic acids is 1. The van der Waals surface area contributed by atoms with Gasteiger partial charge in [0.2, 0.25) is 0 Å². The maximum Gasteiger partial charge on any atom is 0.314 e. The summed E-state index contributed by atoms with van der Waals surface area (Å²) in [6.07, 6.45) is 5.56. The Labute approximate surface area is 130 Å². The molecule has 1 saturated carbocycles. The van der Waals surface area contributed by atoms with Crippen molar-refractivity contribution in [3.05, 3.63) is 30.3 Å². The third-order valence-corrected chi connectivity index (χ3v) is 3.72. The standard InChI is InChI=1S/C15H20O2.2C2H6/c1-2-12-8-10-13(11-9-12)15(16)17-14-6-4-3-5-7-14;2*1-2/h3-7,12-13H,2,8-11H2,1H3;2*1-2H3. The Bertz CT molecular complexity index is 351. The molecule has 1 aliphatic rings. The first-order valence-electron chi connectivity index (χ1n) is 8.56. The SMILES string of the molecule is CC.CC.CCC1CCC(C(=O)Oc2ccccc2)CC1. The van der Waals surface area contributed by atoms with E-state index in [1.165, 1.54) is 19.3 Å². The number of carbonyl (C=O) groups is 1. The van der Waals surface area contributed by atoms with Gasteiger partial charge in [-0.05, 0) is 43.7 Å². The lowest BCUT2D eigenvalue weighted by Crippen LogP contribution is -2.25. The summed E-state index contributed by atoms with van der Waals surface area (Å²) in [4.78, 5) is 11.9. The minimum Gasteiger partial charge on any atom is -0.426 e. The first-order valence-corrected chi connectivity index (χ1v) is 8.56. The van der Waals surface area contributed by atoms with Crippen molar-refractivity contribution in [2.75, 3.05) is 0 Å². The fourth-order valence-electron chi connectivity index (χ4n) is 2.49. The summed E-state index contributed by atoms with van der Waals surface area (Å²) in [5.74, 6) is 1.54. The quantitative estimate of drug-likeness (QED) is 0.515. The van der Waals surface area contributed by atoms with Crippen molar-refractivity contribution in [1.29, 1.82) is 0 Å². The molecule has 0 radical (unpaired) electrons. The van der Waals surface area contributed by atoms with Gasteiger partial charge >= 0.3 is 5.97 Å². The molecule has 120 valence electrons. The Hall–Kier alpha value is -1.31. The fourth-order valence-corrected chi connectivity index (χ4v) is 2.49. The Morgan fingerprint density at radius 3 is 2.00 bits per heavy atom. The molecule has 2 nitrogen and oxygen atoms in total. The van der Waals surface area contributed by atoms with Crippen LogP contribution in [0.1, 0.15) is 66.7 Å². The van der Waals surface area contributed by atoms with Gasteiger partial charge in [-0.15, -0.1) is 0 Å². The molecule has 0 amide bonds. The molecule has 0 aliphatic heterocycles. The smallest absolute Gasteiger partial charge is 0.314 e. The summed E-state index contributed by atoms with van der Waals surface area (Å²) >= 11 is 0. The van der Waals surface area contributed by atoms with Crippen molar-refractivity contribution in [2.45, 2.75) is 66.7 Å². The molecule has 1 aromatic rings. The molecule has 0 unspecified atom stereocenters. The van der Waals surface area contributed by atoms with Gasteiger partial charge in [-0.2, -0.15) is 0 Å². The molecular formula is C19H32O2. The van der Waals surface area contributed by atoms with Crippen LogP contribution < -0.4 is 4.74 Å². The maximum absolute atomic E-state index is 11.9. The molecule has 2 heteroatoms. The number of esters is 1. The largest absolute Gasteiger partial charge is 0.426 e. The molecule has 0 spiro atoms. The topological polar surface area (TPSA) is 26.3 Å². The van der Waals surface area contributed by atoms with E-state index in [2.05, 4.69) is 6.92 Å². The second kappa shape index (κ2) is 12.4. The van der Waals surface area contributed by atoms with E-state index in [0.29, 0.717) is 5.75 Å². The molecule has 1 aromatic carbocycles. The highest BCUT2D eigenvalue weighted by Crippen LogP contribution is 2.31. The van der Waals surface area contributed by atoms with Crippen molar-refractivity contribution in [3.63, 3.8) is 0 Å². The average Bonchev–Trinajstić information content (AvgIpc) is 2.59. The van der Waals surface area contributed by atoms with Gasteiger partial charge in [0, 0.05) is 0 Å². The van der Waals surface area contributed by atoms with Crippen LogP contribution in [0.25, 0.3) is 0 Å². The normalized spacial score (nSPS) is 20.2. The second-order valence-electron chi connectivity index (χ2n) is 4.86. The lowest BCUT2D eigenvalue weighted by Gasteiger charge is -2.26. The van der Waals surface area contributed by atoms with Crippen LogP contribution in [-0.2, 0) is 4.79 Å². The zero-order chi connectivity index (χ0) is 16.1. The molecule has 0 bridgehead atoms. The molecule has 0 N–H and O–H groups in total. The van der Waals surface area contributed by atoms with Gasteiger partial charge in [-0.3, -0.25) is 4.79 Å². The number of benzene rings is 1. The van der Waals surface area contributed by atoms with Gasteiger partial charge in [0.1, 0.15) is 5.75 Å². The van der Waals surface area contributed by atoms with E-state index in [1.54, 1.807) is 0 Å². The second-order valence-corrected chi connectivity index (χ2v) is 4.86. The van der Waals surface area contributed by atoms with Crippen LogP contribution in [0.2, 0.25) is 0 Å². The van der Waals surface area contributed by atoms with Crippen LogP contribution in [0, 0.1) is 11.8 Å². The molecule has 1 aliphatic carbocycles. The van der Waals surface area contributed by atoms with E-state index in [-0.39, 0.29) is 11.9 Å². The van der Waals surface area contributed by atoms with Crippen molar-refractivity contribution in [2.24, 2.45) is 11.8 Å². The van der Waals surface area contributed by atoms with Gasteiger partial charge < -0.3 is 4.74 Å². The summed E-state index contributed by atoms with van der Waals surface area (Å²) in [5.41, 5.74) is 0. The third kappa shape index (κ3) is 7.31. The van der Waals surface area contributed by atoms with Crippen LogP contribution in [0.5, 0.6) is 5.75 Å². The van der Waals surface area contributed by atoms with Crippen molar-refractivity contribution < 1.29 is 9.53 Å². The third-order valence-electron chi connectivity index (χ3n) is 3.72. The van der Waals surface area contributed by atoms with Crippen LogP contribution in [0.15, 0.2) is 30.3 Å². The molecular weight excluding hydrogens is 260 g/mol. The number of ether oxygens (including phenoxy) is 1. The van der Waals surface area contributed by atoms with E-state index in [4.69, 9.17) is 4.74 Å².